The predicted molar refractivity (Wildman–Crippen MR) is 117 cm³/mol. The van der Waals surface area contributed by atoms with Crippen LogP contribution in [0.2, 0.25) is 0 Å². The van der Waals surface area contributed by atoms with E-state index in [1.54, 1.807) is 30.6 Å². The van der Waals surface area contributed by atoms with Gasteiger partial charge in [0.2, 0.25) is 5.88 Å². The predicted octanol–water partition coefficient (Wildman–Crippen LogP) is 3.51. The van der Waals surface area contributed by atoms with Gasteiger partial charge in [-0.3, -0.25) is 4.98 Å². The number of ether oxygens (including phenoxy) is 1. The molecule has 2 heterocycles. The van der Waals surface area contributed by atoms with Gasteiger partial charge in [0.15, 0.2) is 9.84 Å². The van der Waals surface area contributed by atoms with Gasteiger partial charge in [0, 0.05) is 36.9 Å². The Morgan fingerprint density at radius 1 is 1.16 bits per heavy atom. The smallest absolute Gasteiger partial charge is 0.319 e. The van der Waals surface area contributed by atoms with Gasteiger partial charge in [-0.1, -0.05) is 18.2 Å². The van der Waals surface area contributed by atoms with Gasteiger partial charge in [-0.15, -0.1) is 6.58 Å². The highest BCUT2D eigenvalue weighted by molar-refractivity contribution is 7.91. The lowest BCUT2D eigenvalue weighted by molar-refractivity contribution is 0.251. The Labute approximate surface area is 180 Å². The molecule has 0 aliphatic carbocycles. The van der Waals surface area contributed by atoms with E-state index in [1.165, 1.54) is 43.6 Å². The molecule has 0 saturated heterocycles. The average Bonchev–Trinajstić information content (AvgIpc) is 2.79. The van der Waals surface area contributed by atoms with Gasteiger partial charge in [0.25, 0.3) is 0 Å². The van der Waals surface area contributed by atoms with Gasteiger partial charge in [-0.2, -0.15) is 0 Å². The van der Waals surface area contributed by atoms with Crippen LogP contribution in [-0.4, -0.2) is 31.5 Å². The molecule has 31 heavy (non-hydrogen) atoms. The maximum absolute atomic E-state index is 13.1. The molecule has 2 aromatic heterocycles. The standard InChI is InChI=1S/C22H22N4O4S/c1-3-20(17-6-11-21(30-2)24-15-17)31(28,29)19-9-7-18(8-10-19)26-22(27)25-14-16-5-4-12-23-13-16/h3-13,15,20H,1,14H2,2H3,(H2,25,26,27). The second-order valence-electron chi connectivity index (χ2n) is 6.53. The lowest BCUT2D eigenvalue weighted by Gasteiger charge is -2.15. The number of methoxy groups -OCH3 is 1. The number of sulfone groups is 1. The van der Waals surface area contributed by atoms with E-state index in [0.717, 1.165) is 5.56 Å². The Hall–Kier alpha value is -3.72. The highest BCUT2D eigenvalue weighted by Gasteiger charge is 2.27. The second kappa shape index (κ2) is 9.86. The number of aromatic nitrogens is 2. The van der Waals surface area contributed by atoms with Crippen LogP contribution in [0.4, 0.5) is 10.5 Å². The fourth-order valence-corrected chi connectivity index (χ4v) is 4.42. The van der Waals surface area contributed by atoms with Crippen LogP contribution in [0.5, 0.6) is 5.88 Å². The first-order valence-corrected chi connectivity index (χ1v) is 10.9. The van der Waals surface area contributed by atoms with Crippen molar-refractivity contribution in [1.29, 1.82) is 0 Å². The van der Waals surface area contributed by atoms with Gasteiger partial charge in [0.05, 0.1) is 12.0 Å². The molecular formula is C22H22N4O4S. The van der Waals surface area contributed by atoms with Crippen LogP contribution in [0.3, 0.4) is 0 Å². The van der Waals surface area contributed by atoms with Crippen LogP contribution >= 0.6 is 0 Å². The first-order chi connectivity index (χ1) is 14.9. The third-order valence-electron chi connectivity index (χ3n) is 4.46. The van der Waals surface area contributed by atoms with E-state index in [0.29, 0.717) is 23.7 Å². The summed E-state index contributed by atoms with van der Waals surface area (Å²) in [4.78, 5) is 20.2. The number of anilines is 1. The lowest BCUT2D eigenvalue weighted by atomic mass is 10.2. The summed E-state index contributed by atoms with van der Waals surface area (Å²) in [7, 11) is -2.26. The largest absolute Gasteiger partial charge is 0.481 e. The van der Waals surface area contributed by atoms with E-state index in [-0.39, 0.29) is 4.90 Å². The second-order valence-corrected chi connectivity index (χ2v) is 8.60. The molecule has 0 aliphatic rings. The molecule has 1 unspecified atom stereocenters. The molecule has 0 radical (unpaired) electrons. The number of hydrogen-bond acceptors (Lipinski definition) is 6. The summed E-state index contributed by atoms with van der Waals surface area (Å²) in [5.41, 5.74) is 1.80. The molecule has 8 nitrogen and oxygen atoms in total. The van der Waals surface area contributed by atoms with Crippen molar-refractivity contribution in [3.63, 3.8) is 0 Å². The van der Waals surface area contributed by atoms with Crippen LogP contribution in [0.15, 0.2) is 84.7 Å². The monoisotopic (exact) mass is 438 g/mol. The summed E-state index contributed by atoms with van der Waals surface area (Å²) >= 11 is 0. The fourth-order valence-electron chi connectivity index (χ4n) is 2.86. The van der Waals surface area contributed by atoms with Gasteiger partial charge >= 0.3 is 6.03 Å². The molecule has 0 bridgehead atoms. The number of benzene rings is 1. The highest BCUT2D eigenvalue weighted by atomic mass is 32.2. The number of nitrogens with zero attached hydrogens (tertiary/aromatic N) is 2. The maximum atomic E-state index is 13.1. The third-order valence-corrected chi connectivity index (χ3v) is 6.52. The molecule has 2 amide bonds. The number of hydrogen-bond donors (Lipinski definition) is 2. The van der Waals surface area contributed by atoms with Crippen molar-refractivity contribution in [3.8, 4) is 5.88 Å². The van der Waals surface area contributed by atoms with Crippen molar-refractivity contribution < 1.29 is 17.9 Å². The minimum Gasteiger partial charge on any atom is -0.481 e. The number of carbonyl (C=O) groups is 1. The Balaban J connectivity index is 1.68. The van der Waals surface area contributed by atoms with Crippen molar-refractivity contribution in [2.24, 2.45) is 0 Å². The van der Waals surface area contributed by atoms with E-state index < -0.39 is 21.1 Å². The van der Waals surface area contributed by atoms with Crippen molar-refractivity contribution in [2.75, 3.05) is 12.4 Å². The zero-order valence-corrected chi connectivity index (χ0v) is 17.7. The lowest BCUT2D eigenvalue weighted by Crippen LogP contribution is -2.28. The topological polar surface area (TPSA) is 110 Å². The molecule has 0 aliphatic heterocycles. The van der Waals surface area contributed by atoms with Crippen LogP contribution in [0, 0.1) is 0 Å². The Kier molecular flexibility index (Phi) is 6.99. The molecular weight excluding hydrogens is 416 g/mol. The normalized spacial score (nSPS) is 11.9. The molecule has 3 aromatic rings. The zero-order valence-electron chi connectivity index (χ0n) is 16.9. The van der Waals surface area contributed by atoms with Crippen molar-refractivity contribution >= 4 is 21.6 Å². The third kappa shape index (κ3) is 5.46. The Morgan fingerprint density at radius 3 is 2.52 bits per heavy atom. The molecule has 1 aromatic carbocycles. The summed E-state index contributed by atoms with van der Waals surface area (Å²) in [6, 6.07) is 12.4. The zero-order chi connectivity index (χ0) is 22.3. The molecule has 2 N–H and O–H groups in total. The number of pyridine rings is 2. The van der Waals surface area contributed by atoms with Crippen LogP contribution in [-0.2, 0) is 16.4 Å². The number of nitrogens with one attached hydrogen (secondary N) is 2. The summed E-state index contributed by atoms with van der Waals surface area (Å²) in [5.74, 6) is 0.390. The molecule has 9 heteroatoms. The number of amides is 2. The fraction of sp³-hybridized carbons (Fsp3) is 0.136. The first kappa shape index (κ1) is 22.0. The summed E-state index contributed by atoms with van der Waals surface area (Å²) in [6.07, 6.45) is 6.12. The van der Waals surface area contributed by atoms with E-state index in [4.69, 9.17) is 4.74 Å². The molecule has 160 valence electrons. The summed E-state index contributed by atoms with van der Waals surface area (Å²) in [6.45, 7) is 3.99. The van der Waals surface area contributed by atoms with Crippen molar-refractivity contribution in [1.82, 2.24) is 15.3 Å². The van der Waals surface area contributed by atoms with E-state index in [9.17, 15) is 13.2 Å². The average molecular weight is 439 g/mol. The van der Waals surface area contributed by atoms with Crippen LogP contribution in [0.1, 0.15) is 16.4 Å². The van der Waals surface area contributed by atoms with E-state index in [1.807, 2.05) is 6.07 Å². The van der Waals surface area contributed by atoms with Gasteiger partial charge in [-0.05, 0) is 41.5 Å². The molecule has 0 spiro atoms. The highest BCUT2D eigenvalue weighted by Crippen LogP contribution is 2.30. The maximum Gasteiger partial charge on any atom is 0.319 e. The number of carbonyl (C=O) groups excluding carboxylic acids is 1. The van der Waals surface area contributed by atoms with Gasteiger partial charge in [-0.25, -0.2) is 18.2 Å². The summed E-state index contributed by atoms with van der Waals surface area (Å²) < 4.78 is 31.2. The SMILES string of the molecule is C=CC(c1ccc(OC)nc1)S(=O)(=O)c1ccc(NC(=O)NCc2cccnc2)cc1. The van der Waals surface area contributed by atoms with E-state index in [2.05, 4.69) is 27.2 Å². The summed E-state index contributed by atoms with van der Waals surface area (Å²) in [5, 5.41) is 4.42. The van der Waals surface area contributed by atoms with Crippen LogP contribution < -0.4 is 15.4 Å². The number of rotatable bonds is 8. The molecule has 0 saturated carbocycles. The Morgan fingerprint density at radius 2 is 1.94 bits per heavy atom. The quantitative estimate of drug-likeness (QED) is 0.521. The molecule has 0 fully saturated rings. The molecule has 3 rings (SSSR count). The van der Waals surface area contributed by atoms with Gasteiger partial charge in [0.1, 0.15) is 5.25 Å². The first-order valence-electron chi connectivity index (χ1n) is 9.34. The molecule has 1 atom stereocenters. The van der Waals surface area contributed by atoms with Gasteiger partial charge < -0.3 is 15.4 Å². The minimum absolute atomic E-state index is 0.106. The minimum atomic E-state index is -3.75. The Bertz CT molecular complexity index is 1130. The van der Waals surface area contributed by atoms with Crippen molar-refractivity contribution in [3.05, 3.63) is 90.9 Å². The number of urea groups is 1. The van der Waals surface area contributed by atoms with Crippen LogP contribution in [0.25, 0.3) is 0 Å². The van der Waals surface area contributed by atoms with Crippen molar-refractivity contribution in [2.45, 2.75) is 16.7 Å². The van der Waals surface area contributed by atoms with E-state index >= 15 is 0 Å².